The summed E-state index contributed by atoms with van der Waals surface area (Å²) in [7, 11) is 0. The average molecular weight is 405 g/mol. The van der Waals surface area contributed by atoms with Gasteiger partial charge in [0.2, 0.25) is 0 Å². The zero-order valence-corrected chi connectivity index (χ0v) is 16.3. The lowest BCUT2D eigenvalue weighted by molar-refractivity contribution is -0.132. The number of aliphatic hydroxyl groups excluding tert-OH is 1. The Hall–Kier alpha value is -3.44. The van der Waals surface area contributed by atoms with Crippen molar-refractivity contribution in [3.63, 3.8) is 0 Å². The van der Waals surface area contributed by atoms with Crippen molar-refractivity contribution in [2.45, 2.75) is 13.0 Å². The SMILES string of the molecule is Cc1ccc(N2C(=O)C(=O)/C(=C(/O)c3ccccc3)C2c2ccncc2)cc1Cl. The molecule has 1 amide bonds. The average Bonchev–Trinajstić information content (AvgIpc) is 3.02. The first-order valence-electron chi connectivity index (χ1n) is 9.01. The molecule has 0 bridgehead atoms. The lowest BCUT2D eigenvalue weighted by Crippen LogP contribution is -2.29. The van der Waals surface area contributed by atoms with Crippen LogP contribution in [0.5, 0.6) is 0 Å². The first kappa shape index (κ1) is 18.9. The van der Waals surface area contributed by atoms with E-state index in [1.54, 1.807) is 67.0 Å². The van der Waals surface area contributed by atoms with Crippen LogP contribution in [-0.2, 0) is 9.59 Å². The molecular weight excluding hydrogens is 388 g/mol. The molecule has 1 aromatic heterocycles. The molecule has 29 heavy (non-hydrogen) atoms. The van der Waals surface area contributed by atoms with E-state index in [0.29, 0.717) is 21.8 Å². The number of pyridine rings is 1. The molecule has 1 atom stereocenters. The number of ketones is 1. The molecule has 1 aliphatic rings. The van der Waals surface area contributed by atoms with Gasteiger partial charge in [-0.2, -0.15) is 0 Å². The molecule has 1 N–H and O–H groups in total. The molecule has 3 aromatic rings. The number of Topliss-reactive ketones (excluding diaryl/α,β-unsaturated/α-hetero) is 1. The van der Waals surface area contributed by atoms with Gasteiger partial charge < -0.3 is 5.11 Å². The number of hydrogen-bond acceptors (Lipinski definition) is 4. The minimum Gasteiger partial charge on any atom is -0.507 e. The van der Waals surface area contributed by atoms with Crippen LogP contribution in [0, 0.1) is 6.92 Å². The highest BCUT2D eigenvalue weighted by Crippen LogP contribution is 2.42. The Morgan fingerprint density at radius 2 is 1.72 bits per heavy atom. The fourth-order valence-corrected chi connectivity index (χ4v) is 3.62. The molecule has 1 saturated heterocycles. The summed E-state index contributed by atoms with van der Waals surface area (Å²) in [6, 6.07) is 16.5. The number of carbonyl (C=O) groups excluding carboxylic acids is 2. The number of rotatable bonds is 3. The van der Waals surface area contributed by atoms with Crippen LogP contribution in [0.2, 0.25) is 5.02 Å². The van der Waals surface area contributed by atoms with Crippen LogP contribution < -0.4 is 4.90 Å². The fourth-order valence-electron chi connectivity index (χ4n) is 3.44. The predicted octanol–water partition coefficient (Wildman–Crippen LogP) is 4.67. The van der Waals surface area contributed by atoms with Crippen molar-refractivity contribution in [2.75, 3.05) is 4.90 Å². The van der Waals surface area contributed by atoms with Gasteiger partial charge in [0, 0.05) is 28.7 Å². The third-order valence-electron chi connectivity index (χ3n) is 4.95. The van der Waals surface area contributed by atoms with Gasteiger partial charge in [-0.05, 0) is 42.3 Å². The van der Waals surface area contributed by atoms with E-state index >= 15 is 0 Å². The Balaban J connectivity index is 1.95. The quantitative estimate of drug-likeness (QED) is 0.391. The number of halogens is 1. The molecule has 2 aromatic carbocycles. The maximum absolute atomic E-state index is 13.0. The topological polar surface area (TPSA) is 70.5 Å². The molecule has 1 fully saturated rings. The van der Waals surface area contributed by atoms with Crippen molar-refractivity contribution in [2.24, 2.45) is 0 Å². The summed E-state index contributed by atoms with van der Waals surface area (Å²) in [5, 5.41) is 11.4. The van der Waals surface area contributed by atoms with Gasteiger partial charge in [0.25, 0.3) is 11.7 Å². The number of aromatic nitrogens is 1. The highest BCUT2D eigenvalue weighted by atomic mass is 35.5. The summed E-state index contributed by atoms with van der Waals surface area (Å²) < 4.78 is 0. The van der Waals surface area contributed by atoms with Crippen LogP contribution in [0.1, 0.15) is 22.7 Å². The number of anilines is 1. The molecule has 6 heteroatoms. The van der Waals surface area contributed by atoms with E-state index in [4.69, 9.17) is 11.6 Å². The molecule has 1 aliphatic heterocycles. The zero-order chi connectivity index (χ0) is 20.5. The van der Waals surface area contributed by atoms with Crippen LogP contribution in [0.25, 0.3) is 5.76 Å². The molecule has 0 saturated carbocycles. The van der Waals surface area contributed by atoms with Crippen molar-refractivity contribution >= 4 is 34.7 Å². The van der Waals surface area contributed by atoms with Gasteiger partial charge in [0.1, 0.15) is 5.76 Å². The number of benzene rings is 2. The van der Waals surface area contributed by atoms with E-state index in [-0.39, 0.29) is 11.3 Å². The van der Waals surface area contributed by atoms with Crippen molar-refractivity contribution < 1.29 is 14.7 Å². The third-order valence-corrected chi connectivity index (χ3v) is 5.35. The Bertz CT molecular complexity index is 1130. The highest BCUT2D eigenvalue weighted by molar-refractivity contribution is 6.51. The van der Waals surface area contributed by atoms with Crippen molar-refractivity contribution in [3.8, 4) is 0 Å². The second kappa shape index (κ2) is 7.53. The number of carbonyl (C=O) groups is 2. The minimum absolute atomic E-state index is 0.0316. The van der Waals surface area contributed by atoms with E-state index in [1.807, 2.05) is 13.0 Å². The molecule has 5 nitrogen and oxygen atoms in total. The number of amides is 1. The third kappa shape index (κ3) is 3.30. The van der Waals surface area contributed by atoms with E-state index in [2.05, 4.69) is 4.98 Å². The monoisotopic (exact) mass is 404 g/mol. The van der Waals surface area contributed by atoms with Gasteiger partial charge in [0.05, 0.1) is 11.6 Å². The van der Waals surface area contributed by atoms with Gasteiger partial charge in [-0.25, -0.2) is 0 Å². The largest absolute Gasteiger partial charge is 0.507 e. The van der Waals surface area contributed by atoms with Gasteiger partial charge in [-0.15, -0.1) is 0 Å². The summed E-state index contributed by atoms with van der Waals surface area (Å²) in [4.78, 5) is 31.4. The summed E-state index contributed by atoms with van der Waals surface area (Å²) in [5.41, 5.74) is 2.50. The Labute approximate surface area is 172 Å². The van der Waals surface area contributed by atoms with Gasteiger partial charge in [-0.1, -0.05) is 48.0 Å². The van der Waals surface area contributed by atoms with Crippen LogP contribution in [-0.4, -0.2) is 21.8 Å². The first-order chi connectivity index (χ1) is 14.0. The van der Waals surface area contributed by atoms with E-state index < -0.39 is 17.7 Å². The van der Waals surface area contributed by atoms with Crippen molar-refractivity contribution in [3.05, 3.63) is 100 Å². The van der Waals surface area contributed by atoms with Gasteiger partial charge in [-0.3, -0.25) is 19.5 Å². The summed E-state index contributed by atoms with van der Waals surface area (Å²) in [6.45, 7) is 1.86. The maximum Gasteiger partial charge on any atom is 0.300 e. The number of aliphatic hydroxyl groups is 1. The molecule has 144 valence electrons. The smallest absolute Gasteiger partial charge is 0.300 e. The van der Waals surface area contributed by atoms with E-state index in [9.17, 15) is 14.7 Å². The van der Waals surface area contributed by atoms with Crippen molar-refractivity contribution in [1.29, 1.82) is 0 Å². The molecule has 0 spiro atoms. The number of hydrogen-bond donors (Lipinski definition) is 1. The first-order valence-corrected chi connectivity index (χ1v) is 9.39. The number of nitrogens with zero attached hydrogens (tertiary/aromatic N) is 2. The predicted molar refractivity (Wildman–Crippen MR) is 112 cm³/mol. The van der Waals surface area contributed by atoms with Gasteiger partial charge >= 0.3 is 0 Å². The minimum atomic E-state index is -0.794. The van der Waals surface area contributed by atoms with E-state index in [0.717, 1.165) is 5.56 Å². The molecule has 1 unspecified atom stereocenters. The highest BCUT2D eigenvalue weighted by Gasteiger charge is 2.47. The lowest BCUT2D eigenvalue weighted by Gasteiger charge is -2.25. The fraction of sp³-hybridized carbons (Fsp3) is 0.0870. The molecule has 0 aliphatic carbocycles. The van der Waals surface area contributed by atoms with E-state index in [1.165, 1.54) is 4.90 Å². The zero-order valence-electron chi connectivity index (χ0n) is 15.5. The second-order valence-electron chi connectivity index (χ2n) is 6.75. The second-order valence-corrected chi connectivity index (χ2v) is 7.16. The maximum atomic E-state index is 13.0. The summed E-state index contributed by atoms with van der Waals surface area (Å²) in [5.74, 6) is -1.68. The van der Waals surface area contributed by atoms with Gasteiger partial charge in [0.15, 0.2) is 0 Å². The van der Waals surface area contributed by atoms with Crippen LogP contribution in [0.4, 0.5) is 5.69 Å². The van der Waals surface area contributed by atoms with Crippen LogP contribution >= 0.6 is 11.6 Å². The summed E-state index contributed by atoms with van der Waals surface area (Å²) in [6.07, 6.45) is 3.17. The normalized spacial score (nSPS) is 18.3. The lowest BCUT2D eigenvalue weighted by atomic mass is 9.96. The Kier molecular flexibility index (Phi) is 4.91. The standard InChI is InChI=1S/C23H17ClN2O3/c1-14-7-8-17(13-18(14)24)26-20(15-9-11-25-12-10-15)19(22(28)23(26)29)21(27)16-5-3-2-4-6-16/h2-13,20,27H,1H3/b21-19+. The Morgan fingerprint density at radius 1 is 1.03 bits per heavy atom. The number of aryl methyl sites for hydroxylation is 1. The Morgan fingerprint density at radius 3 is 2.38 bits per heavy atom. The van der Waals surface area contributed by atoms with Crippen molar-refractivity contribution in [1.82, 2.24) is 4.98 Å². The summed E-state index contributed by atoms with van der Waals surface area (Å²) >= 11 is 6.27. The molecule has 2 heterocycles. The molecule has 4 rings (SSSR count). The van der Waals surface area contributed by atoms with Crippen LogP contribution in [0.3, 0.4) is 0 Å². The van der Waals surface area contributed by atoms with Crippen LogP contribution in [0.15, 0.2) is 78.6 Å². The molecule has 0 radical (unpaired) electrons. The molecular formula is C23H17ClN2O3.